The van der Waals surface area contributed by atoms with Gasteiger partial charge in [0, 0.05) is 24.2 Å². The molecule has 4 rings (SSSR count). The van der Waals surface area contributed by atoms with Crippen molar-refractivity contribution in [3.8, 4) is 0 Å². The molecule has 1 aliphatic rings. The molecule has 0 fully saturated rings. The summed E-state index contributed by atoms with van der Waals surface area (Å²) in [4.78, 5) is 4.84. The minimum atomic E-state index is 0.230. The number of aryl methyl sites for hydroxylation is 2. The van der Waals surface area contributed by atoms with Gasteiger partial charge >= 0.3 is 0 Å². The summed E-state index contributed by atoms with van der Waals surface area (Å²) in [6.45, 7) is 5.74. The van der Waals surface area contributed by atoms with Crippen LogP contribution in [0.5, 0.6) is 0 Å². The molecule has 3 nitrogen and oxygen atoms in total. The number of hydrogen-bond donors (Lipinski definition) is 0. The largest absolute Gasteiger partial charge is 0.474 e. The van der Waals surface area contributed by atoms with Crippen LogP contribution >= 0.6 is 11.8 Å². The van der Waals surface area contributed by atoms with E-state index in [9.17, 15) is 0 Å². The molecule has 1 atom stereocenters. The van der Waals surface area contributed by atoms with Gasteiger partial charge in [-0.3, -0.25) is 0 Å². The van der Waals surface area contributed by atoms with E-state index in [0.717, 1.165) is 29.6 Å². The Morgan fingerprint density at radius 1 is 0.964 bits per heavy atom. The summed E-state index contributed by atoms with van der Waals surface area (Å²) in [5.41, 5.74) is 6.30. The Hall–Kier alpha value is -2.46. The van der Waals surface area contributed by atoms with Crippen LogP contribution in [-0.4, -0.2) is 28.9 Å². The van der Waals surface area contributed by atoms with Gasteiger partial charge in [0.05, 0.1) is 6.04 Å². The number of rotatable bonds is 7. The monoisotopic (exact) mass is 390 g/mol. The molecule has 0 N–H and O–H groups in total. The summed E-state index contributed by atoms with van der Waals surface area (Å²) < 4.78 is 8.16. The zero-order chi connectivity index (χ0) is 19.3. The van der Waals surface area contributed by atoms with E-state index in [-0.39, 0.29) is 6.04 Å². The van der Waals surface area contributed by atoms with Crippen molar-refractivity contribution in [2.75, 3.05) is 12.4 Å². The van der Waals surface area contributed by atoms with Crippen LogP contribution in [0.15, 0.2) is 71.9 Å². The number of ether oxygens (including phenoxy) is 1. The van der Waals surface area contributed by atoms with Gasteiger partial charge in [0.25, 0.3) is 0 Å². The SMILES string of the molecule is Cc1ccc(CSC[C@H]2COC(c3cccn3Cc3ccc(C)cc3)=N2)cc1. The van der Waals surface area contributed by atoms with E-state index in [4.69, 9.17) is 9.73 Å². The first-order chi connectivity index (χ1) is 13.7. The summed E-state index contributed by atoms with van der Waals surface area (Å²) in [5, 5.41) is 0. The van der Waals surface area contributed by atoms with E-state index in [2.05, 4.69) is 85.3 Å². The van der Waals surface area contributed by atoms with Crippen molar-refractivity contribution in [2.45, 2.75) is 32.2 Å². The minimum Gasteiger partial charge on any atom is -0.474 e. The topological polar surface area (TPSA) is 26.5 Å². The molecule has 28 heavy (non-hydrogen) atoms. The molecule has 0 saturated carbocycles. The molecule has 3 aromatic rings. The smallest absolute Gasteiger partial charge is 0.233 e. The summed E-state index contributed by atoms with van der Waals surface area (Å²) in [6, 6.07) is 21.8. The van der Waals surface area contributed by atoms with Crippen molar-refractivity contribution in [3.05, 3.63) is 94.8 Å². The highest BCUT2D eigenvalue weighted by atomic mass is 32.2. The second-order valence-corrected chi connectivity index (χ2v) is 8.44. The van der Waals surface area contributed by atoms with Crippen LogP contribution in [-0.2, 0) is 17.0 Å². The van der Waals surface area contributed by atoms with Gasteiger partial charge in [-0.05, 0) is 37.1 Å². The van der Waals surface area contributed by atoms with Gasteiger partial charge in [-0.1, -0.05) is 59.7 Å². The van der Waals surface area contributed by atoms with Gasteiger partial charge in [-0.2, -0.15) is 11.8 Å². The highest BCUT2D eigenvalue weighted by Gasteiger charge is 2.22. The second kappa shape index (κ2) is 8.70. The Balaban J connectivity index is 1.35. The number of benzene rings is 2. The summed E-state index contributed by atoms with van der Waals surface area (Å²) >= 11 is 1.92. The number of hydrogen-bond acceptors (Lipinski definition) is 3. The standard InChI is InChI=1S/C24H26N2OS/c1-18-5-9-20(10-6-18)14-26-13-3-4-23(26)24-25-22(15-27-24)17-28-16-21-11-7-19(2)8-12-21/h3-13,22H,14-17H2,1-2H3/t22-/m1/s1. The lowest BCUT2D eigenvalue weighted by Crippen LogP contribution is -2.11. The molecule has 4 heteroatoms. The third-order valence-electron chi connectivity index (χ3n) is 4.93. The number of nitrogens with zero attached hydrogens (tertiary/aromatic N) is 2. The van der Waals surface area contributed by atoms with Crippen LogP contribution in [0, 0.1) is 13.8 Å². The predicted molar refractivity (Wildman–Crippen MR) is 118 cm³/mol. The molecule has 1 aromatic heterocycles. The zero-order valence-corrected chi connectivity index (χ0v) is 17.3. The Kier molecular flexibility index (Phi) is 5.87. The summed E-state index contributed by atoms with van der Waals surface area (Å²) in [7, 11) is 0. The molecular formula is C24H26N2OS. The van der Waals surface area contributed by atoms with Crippen LogP contribution in [0.1, 0.15) is 27.9 Å². The molecule has 0 unspecified atom stereocenters. The van der Waals surface area contributed by atoms with Crippen LogP contribution < -0.4 is 0 Å². The molecule has 2 heterocycles. The average Bonchev–Trinajstić information content (AvgIpc) is 3.34. The minimum absolute atomic E-state index is 0.230. The highest BCUT2D eigenvalue weighted by Crippen LogP contribution is 2.20. The van der Waals surface area contributed by atoms with Gasteiger partial charge in [0.15, 0.2) is 0 Å². The van der Waals surface area contributed by atoms with Gasteiger partial charge in [-0.25, -0.2) is 4.99 Å². The Morgan fingerprint density at radius 3 is 2.36 bits per heavy atom. The number of thioether (sulfide) groups is 1. The fourth-order valence-electron chi connectivity index (χ4n) is 3.27. The summed E-state index contributed by atoms with van der Waals surface area (Å²) in [6.07, 6.45) is 2.10. The van der Waals surface area contributed by atoms with Gasteiger partial charge in [0.2, 0.25) is 5.90 Å². The third-order valence-corrected chi connectivity index (χ3v) is 6.09. The van der Waals surface area contributed by atoms with Gasteiger partial charge in [0.1, 0.15) is 12.3 Å². The van der Waals surface area contributed by atoms with Crippen molar-refractivity contribution in [3.63, 3.8) is 0 Å². The molecule has 2 aromatic carbocycles. The van der Waals surface area contributed by atoms with E-state index in [1.807, 2.05) is 11.8 Å². The van der Waals surface area contributed by atoms with E-state index < -0.39 is 0 Å². The van der Waals surface area contributed by atoms with Crippen LogP contribution in [0.3, 0.4) is 0 Å². The third kappa shape index (κ3) is 4.68. The van der Waals surface area contributed by atoms with Crippen molar-refractivity contribution >= 4 is 17.7 Å². The molecule has 144 valence electrons. The first-order valence-corrected chi connectivity index (χ1v) is 10.9. The number of aromatic nitrogens is 1. The average molecular weight is 391 g/mol. The second-order valence-electron chi connectivity index (χ2n) is 7.41. The summed E-state index contributed by atoms with van der Waals surface area (Å²) in [5.74, 6) is 2.78. The van der Waals surface area contributed by atoms with Crippen LogP contribution in [0.2, 0.25) is 0 Å². The Labute approximate surface area is 171 Å². The Morgan fingerprint density at radius 2 is 1.64 bits per heavy atom. The van der Waals surface area contributed by atoms with Crippen molar-refractivity contribution in [2.24, 2.45) is 4.99 Å². The lowest BCUT2D eigenvalue weighted by atomic mass is 10.1. The number of aliphatic imine (C=N–C) groups is 1. The molecule has 0 aliphatic carbocycles. The molecule has 0 saturated heterocycles. The first kappa shape index (κ1) is 18.9. The molecule has 0 spiro atoms. The van der Waals surface area contributed by atoms with E-state index in [0.29, 0.717) is 6.61 Å². The van der Waals surface area contributed by atoms with Crippen LogP contribution in [0.25, 0.3) is 0 Å². The molecular weight excluding hydrogens is 364 g/mol. The van der Waals surface area contributed by atoms with Gasteiger partial charge < -0.3 is 9.30 Å². The van der Waals surface area contributed by atoms with E-state index >= 15 is 0 Å². The maximum atomic E-state index is 5.94. The highest BCUT2D eigenvalue weighted by molar-refractivity contribution is 7.98. The van der Waals surface area contributed by atoms with Crippen LogP contribution in [0.4, 0.5) is 0 Å². The van der Waals surface area contributed by atoms with Crippen molar-refractivity contribution in [1.29, 1.82) is 0 Å². The Bertz CT molecular complexity index is 941. The predicted octanol–water partition coefficient (Wildman–Crippen LogP) is 5.23. The lowest BCUT2D eigenvalue weighted by Gasteiger charge is -2.09. The van der Waals surface area contributed by atoms with E-state index in [1.54, 1.807) is 0 Å². The molecule has 0 amide bonds. The molecule has 1 aliphatic heterocycles. The fourth-order valence-corrected chi connectivity index (χ4v) is 4.26. The zero-order valence-electron chi connectivity index (χ0n) is 16.5. The fraction of sp³-hybridized carbons (Fsp3) is 0.292. The van der Waals surface area contributed by atoms with Gasteiger partial charge in [-0.15, -0.1) is 0 Å². The molecule has 0 radical (unpaired) electrons. The van der Waals surface area contributed by atoms with Crippen molar-refractivity contribution < 1.29 is 4.74 Å². The maximum absolute atomic E-state index is 5.94. The first-order valence-electron chi connectivity index (χ1n) is 9.72. The molecule has 0 bridgehead atoms. The van der Waals surface area contributed by atoms with Crippen molar-refractivity contribution in [1.82, 2.24) is 4.57 Å². The quantitative estimate of drug-likeness (QED) is 0.552. The normalized spacial score (nSPS) is 16.1. The van der Waals surface area contributed by atoms with E-state index in [1.165, 1.54) is 22.3 Å². The maximum Gasteiger partial charge on any atom is 0.233 e. The lowest BCUT2D eigenvalue weighted by molar-refractivity contribution is 0.323.